The summed E-state index contributed by atoms with van der Waals surface area (Å²) in [5.74, 6) is 1.46. The third-order valence-electron chi connectivity index (χ3n) is 3.82. The summed E-state index contributed by atoms with van der Waals surface area (Å²) in [7, 11) is 0. The quantitative estimate of drug-likeness (QED) is 0.802. The third kappa shape index (κ3) is 2.14. The van der Waals surface area contributed by atoms with Gasteiger partial charge in [-0.3, -0.25) is 0 Å². The van der Waals surface area contributed by atoms with E-state index in [1.165, 1.54) is 6.42 Å². The molecule has 19 heavy (non-hydrogen) atoms. The molecule has 0 saturated heterocycles. The lowest BCUT2D eigenvalue weighted by Gasteiger charge is -2.13. The van der Waals surface area contributed by atoms with Gasteiger partial charge in [-0.1, -0.05) is 6.92 Å². The van der Waals surface area contributed by atoms with E-state index >= 15 is 0 Å². The molecule has 1 aromatic heterocycles. The fourth-order valence-electron chi connectivity index (χ4n) is 2.80. The zero-order chi connectivity index (χ0) is 13.4. The predicted molar refractivity (Wildman–Crippen MR) is 74.1 cm³/mol. The average molecular weight is 258 g/mol. The minimum Gasteiger partial charge on any atom is -0.399 e. The summed E-state index contributed by atoms with van der Waals surface area (Å²) < 4.78 is 1.91. The van der Waals surface area contributed by atoms with Crippen molar-refractivity contribution in [2.45, 2.75) is 32.2 Å². The van der Waals surface area contributed by atoms with Crippen LogP contribution in [-0.2, 0) is 0 Å². The number of benzene rings is 1. The summed E-state index contributed by atoms with van der Waals surface area (Å²) in [4.78, 5) is 0. The Morgan fingerprint density at radius 3 is 2.79 bits per heavy atom. The molecular weight excluding hydrogens is 240 g/mol. The van der Waals surface area contributed by atoms with E-state index in [1.54, 1.807) is 6.07 Å². The van der Waals surface area contributed by atoms with Crippen LogP contribution in [0.2, 0.25) is 0 Å². The fraction of sp³-hybridized carbons (Fsp3) is 0.462. The highest BCUT2D eigenvalue weighted by Gasteiger charge is 2.26. The van der Waals surface area contributed by atoms with Gasteiger partial charge in [0.05, 0.1) is 6.04 Å². The van der Waals surface area contributed by atoms with Crippen LogP contribution in [0.1, 0.15) is 32.2 Å². The van der Waals surface area contributed by atoms with Crippen LogP contribution < -0.4 is 11.5 Å². The van der Waals surface area contributed by atoms with E-state index in [2.05, 4.69) is 22.4 Å². The molecular formula is C13H18N6. The van der Waals surface area contributed by atoms with Crippen molar-refractivity contribution in [3.63, 3.8) is 0 Å². The van der Waals surface area contributed by atoms with Crippen LogP contribution in [0.3, 0.4) is 0 Å². The van der Waals surface area contributed by atoms with Crippen LogP contribution in [0.4, 0.5) is 11.4 Å². The van der Waals surface area contributed by atoms with Crippen molar-refractivity contribution in [3.05, 3.63) is 18.2 Å². The molecule has 1 aromatic carbocycles. The van der Waals surface area contributed by atoms with Crippen LogP contribution in [0.15, 0.2) is 18.2 Å². The van der Waals surface area contributed by atoms with Gasteiger partial charge in [0.2, 0.25) is 0 Å². The maximum absolute atomic E-state index is 6.02. The van der Waals surface area contributed by atoms with E-state index < -0.39 is 0 Å². The molecule has 1 saturated carbocycles. The van der Waals surface area contributed by atoms with E-state index in [1.807, 2.05) is 16.8 Å². The van der Waals surface area contributed by atoms with Crippen molar-refractivity contribution in [2.24, 2.45) is 5.92 Å². The summed E-state index contributed by atoms with van der Waals surface area (Å²) in [6.07, 6.45) is 3.46. The number of anilines is 2. The van der Waals surface area contributed by atoms with E-state index in [4.69, 9.17) is 11.5 Å². The van der Waals surface area contributed by atoms with Crippen molar-refractivity contribution in [3.8, 4) is 11.4 Å². The Hall–Kier alpha value is -2.11. The second kappa shape index (κ2) is 4.53. The number of nitrogens with two attached hydrogens (primary N) is 2. The van der Waals surface area contributed by atoms with Gasteiger partial charge in [-0.2, -0.15) is 0 Å². The molecule has 0 aliphatic heterocycles. The van der Waals surface area contributed by atoms with E-state index in [-0.39, 0.29) is 0 Å². The average Bonchev–Trinajstić information content (AvgIpc) is 2.97. The molecule has 1 aliphatic carbocycles. The first-order valence-electron chi connectivity index (χ1n) is 6.58. The molecule has 1 aliphatic rings. The summed E-state index contributed by atoms with van der Waals surface area (Å²) in [5, 5.41) is 12.1. The predicted octanol–water partition coefficient (Wildman–Crippen LogP) is 1.87. The molecule has 2 unspecified atom stereocenters. The van der Waals surface area contributed by atoms with Gasteiger partial charge in [0, 0.05) is 16.9 Å². The molecule has 0 amide bonds. The smallest absolute Gasteiger partial charge is 0.184 e. The summed E-state index contributed by atoms with van der Waals surface area (Å²) in [6, 6.07) is 5.82. The third-order valence-corrected chi connectivity index (χ3v) is 3.82. The monoisotopic (exact) mass is 258 g/mol. The van der Waals surface area contributed by atoms with Crippen LogP contribution in [0.25, 0.3) is 11.4 Å². The highest BCUT2D eigenvalue weighted by Crippen LogP contribution is 2.36. The Morgan fingerprint density at radius 2 is 2.11 bits per heavy atom. The molecule has 0 radical (unpaired) electrons. The van der Waals surface area contributed by atoms with Crippen LogP contribution in [0, 0.1) is 5.92 Å². The van der Waals surface area contributed by atoms with Gasteiger partial charge < -0.3 is 11.5 Å². The summed E-state index contributed by atoms with van der Waals surface area (Å²) in [5.41, 5.74) is 13.8. The van der Waals surface area contributed by atoms with Gasteiger partial charge in [-0.05, 0) is 53.8 Å². The second-order valence-electron chi connectivity index (χ2n) is 5.37. The van der Waals surface area contributed by atoms with Crippen molar-refractivity contribution >= 4 is 11.4 Å². The van der Waals surface area contributed by atoms with Gasteiger partial charge in [0.15, 0.2) is 5.82 Å². The molecule has 0 spiro atoms. The molecule has 1 fully saturated rings. The molecule has 2 atom stereocenters. The zero-order valence-electron chi connectivity index (χ0n) is 11.0. The van der Waals surface area contributed by atoms with Crippen LogP contribution in [-0.4, -0.2) is 20.2 Å². The Balaban J connectivity index is 2.00. The second-order valence-corrected chi connectivity index (χ2v) is 5.37. The molecule has 4 N–H and O–H groups in total. The highest BCUT2D eigenvalue weighted by molar-refractivity contribution is 5.74. The molecule has 1 heterocycles. The molecule has 100 valence electrons. The van der Waals surface area contributed by atoms with Gasteiger partial charge >= 0.3 is 0 Å². The molecule has 0 bridgehead atoms. The van der Waals surface area contributed by atoms with Gasteiger partial charge in [-0.15, -0.1) is 5.10 Å². The Kier molecular flexibility index (Phi) is 2.85. The fourth-order valence-corrected chi connectivity index (χ4v) is 2.80. The number of nitrogen functional groups attached to an aromatic ring is 2. The highest BCUT2D eigenvalue weighted by atomic mass is 15.5. The minimum atomic E-state index is 0.372. The lowest BCUT2D eigenvalue weighted by molar-refractivity contribution is 0.443. The largest absolute Gasteiger partial charge is 0.399 e. The Morgan fingerprint density at radius 1 is 1.26 bits per heavy atom. The topological polar surface area (TPSA) is 95.6 Å². The van der Waals surface area contributed by atoms with E-state index in [0.29, 0.717) is 17.4 Å². The number of aromatic nitrogens is 4. The van der Waals surface area contributed by atoms with Crippen molar-refractivity contribution < 1.29 is 0 Å². The zero-order valence-corrected chi connectivity index (χ0v) is 11.0. The lowest BCUT2D eigenvalue weighted by Crippen LogP contribution is -2.10. The lowest BCUT2D eigenvalue weighted by atomic mass is 10.1. The molecule has 3 rings (SSSR count). The van der Waals surface area contributed by atoms with E-state index in [9.17, 15) is 0 Å². The van der Waals surface area contributed by atoms with Crippen molar-refractivity contribution in [1.82, 2.24) is 20.2 Å². The summed E-state index contributed by atoms with van der Waals surface area (Å²) >= 11 is 0. The molecule has 6 nitrogen and oxygen atoms in total. The first-order chi connectivity index (χ1) is 9.15. The van der Waals surface area contributed by atoms with Crippen molar-refractivity contribution in [1.29, 1.82) is 0 Å². The Bertz CT molecular complexity index is 591. The minimum absolute atomic E-state index is 0.372. The van der Waals surface area contributed by atoms with Gasteiger partial charge in [0.25, 0.3) is 0 Å². The summed E-state index contributed by atoms with van der Waals surface area (Å²) in [6.45, 7) is 2.27. The first kappa shape index (κ1) is 12.0. The van der Waals surface area contributed by atoms with Crippen LogP contribution >= 0.6 is 0 Å². The Labute approximate surface area is 111 Å². The maximum Gasteiger partial charge on any atom is 0.184 e. The molecule has 6 heteroatoms. The van der Waals surface area contributed by atoms with Gasteiger partial charge in [0.1, 0.15) is 0 Å². The van der Waals surface area contributed by atoms with Crippen molar-refractivity contribution in [2.75, 3.05) is 11.5 Å². The standard InChI is InChI=1S/C13H18N6/c1-8-2-4-10(6-8)19-13(16-17-18-19)11-5-3-9(14)7-12(11)15/h3,5,7-8,10H,2,4,6,14-15H2,1H3. The number of hydrogen-bond donors (Lipinski definition) is 2. The number of nitrogens with zero attached hydrogens (tertiary/aromatic N) is 4. The SMILES string of the molecule is CC1CCC(n2nnnc2-c2ccc(N)cc2N)C1. The first-order valence-corrected chi connectivity index (χ1v) is 6.58. The van der Waals surface area contributed by atoms with Crippen LogP contribution in [0.5, 0.6) is 0 Å². The maximum atomic E-state index is 6.02. The number of hydrogen-bond acceptors (Lipinski definition) is 5. The number of tetrazole rings is 1. The van der Waals surface area contributed by atoms with E-state index in [0.717, 1.165) is 30.1 Å². The molecule has 2 aromatic rings. The number of rotatable bonds is 2. The van der Waals surface area contributed by atoms with Gasteiger partial charge in [-0.25, -0.2) is 4.68 Å². The normalized spacial score (nSPS) is 22.8.